The average Bonchev–Trinajstić information content (AvgIpc) is 3.05. The summed E-state index contributed by atoms with van der Waals surface area (Å²) in [5.74, 6) is -2.22. The van der Waals surface area contributed by atoms with Gasteiger partial charge in [-0.05, 0) is 36.6 Å². The molecule has 0 N–H and O–H groups in total. The number of fused-ring (bicyclic) bond motifs is 3. The summed E-state index contributed by atoms with van der Waals surface area (Å²) in [4.78, 5) is 25.6. The Bertz CT molecular complexity index is 1250. The fourth-order valence-corrected chi connectivity index (χ4v) is 5.37. The first-order chi connectivity index (χ1) is 16.4. The number of benzene rings is 1. The predicted octanol–water partition coefficient (Wildman–Crippen LogP) is 4.50. The van der Waals surface area contributed by atoms with Gasteiger partial charge in [-0.1, -0.05) is 25.1 Å². The van der Waals surface area contributed by atoms with Gasteiger partial charge in [0.1, 0.15) is 11.9 Å². The summed E-state index contributed by atoms with van der Waals surface area (Å²) >= 11 is 0. The Morgan fingerprint density at radius 2 is 2.03 bits per heavy atom. The van der Waals surface area contributed by atoms with E-state index in [1.165, 1.54) is 6.07 Å². The van der Waals surface area contributed by atoms with E-state index in [2.05, 4.69) is 27.9 Å². The van der Waals surface area contributed by atoms with Crippen molar-refractivity contribution in [1.29, 1.82) is 5.26 Å². The molecule has 2 aliphatic heterocycles. The second-order valence-corrected chi connectivity index (χ2v) is 9.24. The van der Waals surface area contributed by atoms with Gasteiger partial charge in [0.05, 0.1) is 17.1 Å². The van der Waals surface area contributed by atoms with Crippen molar-refractivity contribution in [3.8, 4) is 6.07 Å². The van der Waals surface area contributed by atoms with Crippen LogP contribution in [0.25, 0.3) is 10.9 Å². The quantitative estimate of drug-likeness (QED) is 0.559. The number of anilines is 1. The predicted molar refractivity (Wildman–Crippen MR) is 124 cm³/mol. The highest BCUT2D eigenvalue weighted by Gasteiger charge is 2.46. The number of piperazine rings is 1. The largest absolute Gasteiger partial charge is 0.347 e. The summed E-state index contributed by atoms with van der Waals surface area (Å²) in [7, 11) is 0. The van der Waals surface area contributed by atoms with Crippen LogP contribution in [-0.2, 0) is 10.7 Å². The number of carbonyl (C=O) groups is 1. The molecule has 6 nitrogen and oxygen atoms in total. The minimum Gasteiger partial charge on any atom is -0.347 e. The number of hydrogen-bond donors (Lipinski definition) is 0. The van der Waals surface area contributed by atoms with Crippen LogP contribution in [0, 0.1) is 17.2 Å². The zero-order chi connectivity index (χ0) is 23.9. The zero-order valence-electron chi connectivity index (χ0n) is 18.9. The monoisotopic (exact) mass is 461 g/mol. The van der Waals surface area contributed by atoms with Gasteiger partial charge in [-0.25, -0.2) is 13.8 Å². The lowest BCUT2D eigenvalue weighted by molar-refractivity contribution is -0.134. The normalized spacial score (nSPS) is 22.1. The van der Waals surface area contributed by atoms with Gasteiger partial charge >= 0.3 is 0 Å². The van der Waals surface area contributed by atoms with E-state index >= 15 is 8.78 Å². The van der Waals surface area contributed by atoms with Crippen LogP contribution in [0.2, 0.25) is 0 Å². The Hall–Kier alpha value is -3.60. The molecule has 2 aromatic heterocycles. The van der Waals surface area contributed by atoms with Crippen LogP contribution >= 0.6 is 0 Å². The van der Waals surface area contributed by atoms with Gasteiger partial charge in [0.2, 0.25) is 5.91 Å². The fraction of sp³-hybridized carbons (Fsp3) is 0.385. The van der Waals surface area contributed by atoms with E-state index in [1.807, 2.05) is 6.07 Å². The summed E-state index contributed by atoms with van der Waals surface area (Å²) in [6.45, 7) is 3.13. The maximum atomic E-state index is 15.1. The van der Waals surface area contributed by atoms with E-state index in [1.54, 1.807) is 47.6 Å². The van der Waals surface area contributed by atoms with Gasteiger partial charge in [0.25, 0.3) is 5.92 Å². The van der Waals surface area contributed by atoms with Crippen LogP contribution in [-0.4, -0.2) is 45.9 Å². The maximum Gasteiger partial charge on any atom is 0.274 e. The first-order valence-corrected chi connectivity index (χ1v) is 11.5. The number of hydrogen-bond acceptors (Lipinski definition) is 5. The van der Waals surface area contributed by atoms with Crippen molar-refractivity contribution < 1.29 is 13.6 Å². The Morgan fingerprint density at radius 1 is 1.18 bits per heavy atom. The van der Waals surface area contributed by atoms with Crippen molar-refractivity contribution in [2.24, 2.45) is 5.92 Å². The van der Waals surface area contributed by atoms with E-state index in [-0.39, 0.29) is 30.0 Å². The standard InChI is InChI=1S/C26H25F2N5O/c1-17-12-19-15-32(16-23(17)33(19)24-8-7-18(13-29)14-31-24)25(34)9-10-26(27,28)21-5-2-6-22-20(21)4-3-11-30-22/h2-8,11,14,17,19,23H,9-10,12,15-16H2,1H3/t17-,19?,23?/m0/s1. The molecular weight excluding hydrogens is 436 g/mol. The van der Waals surface area contributed by atoms with Gasteiger partial charge in [-0.15, -0.1) is 0 Å². The molecule has 0 spiro atoms. The molecule has 2 fully saturated rings. The zero-order valence-corrected chi connectivity index (χ0v) is 18.9. The van der Waals surface area contributed by atoms with Crippen molar-refractivity contribution in [3.63, 3.8) is 0 Å². The van der Waals surface area contributed by atoms with Crippen molar-refractivity contribution in [2.45, 2.75) is 44.2 Å². The molecule has 0 radical (unpaired) electrons. The highest BCUT2D eigenvalue weighted by atomic mass is 19.3. The topological polar surface area (TPSA) is 73.1 Å². The summed E-state index contributed by atoms with van der Waals surface area (Å²) in [5.41, 5.74) is 0.932. The Labute approximate surface area is 196 Å². The molecule has 34 heavy (non-hydrogen) atoms. The second kappa shape index (κ2) is 8.64. The van der Waals surface area contributed by atoms with E-state index in [4.69, 9.17) is 5.26 Å². The van der Waals surface area contributed by atoms with E-state index in [0.29, 0.717) is 35.5 Å². The molecule has 3 aromatic rings. The SMILES string of the molecule is C[C@H]1CC2CN(C(=O)CCC(F)(F)c3cccc4ncccc34)CC1N2c1ccc(C#N)cn1. The molecule has 3 atom stereocenters. The van der Waals surface area contributed by atoms with Crippen molar-refractivity contribution >= 4 is 22.6 Å². The fourth-order valence-electron chi connectivity index (χ4n) is 5.37. The number of nitrogens with zero attached hydrogens (tertiary/aromatic N) is 5. The number of aromatic nitrogens is 2. The molecule has 8 heteroatoms. The molecule has 2 bridgehead atoms. The number of nitriles is 1. The molecule has 0 saturated carbocycles. The van der Waals surface area contributed by atoms with Gasteiger partial charge in [0, 0.05) is 55.3 Å². The number of rotatable bonds is 5. The first kappa shape index (κ1) is 22.2. The molecule has 1 aromatic carbocycles. The Morgan fingerprint density at radius 3 is 2.76 bits per heavy atom. The lowest BCUT2D eigenvalue weighted by Crippen LogP contribution is -2.56. The molecule has 5 rings (SSSR count). The smallest absolute Gasteiger partial charge is 0.274 e. The van der Waals surface area contributed by atoms with E-state index in [0.717, 1.165) is 12.2 Å². The van der Waals surface area contributed by atoms with Crippen molar-refractivity contribution in [1.82, 2.24) is 14.9 Å². The van der Waals surface area contributed by atoms with Gasteiger partial charge in [-0.2, -0.15) is 5.26 Å². The van der Waals surface area contributed by atoms with Crippen LogP contribution < -0.4 is 4.90 Å². The number of pyridine rings is 2. The van der Waals surface area contributed by atoms with Crippen molar-refractivity contribution in [2.75, 3.05) is 18.0 Å². The second-order valence-electron chi connectivity index (χ2n) is 9.24. The number of carbonyl (C=O) groups excluding carboxylic acids is 1. The third-order valence-electron chi connectivity index (χ3n) is 7.08. The van der Waals surface area contributed by atoms with Crippen LogP contribution in [0.4, 0.5) is 14.6 Å². The molecule has 174 valence electrons. The van der Waals surface area contributed by atoms with Crippen LogP contribution in [0.1, 0.15) is 37.3 Å². The molecule has 2 saturated heterocycles. The van der Waals surface area contributed by atoms with Crippen LogP contribution in [0.5, 0.6) is 0 Å². The Balaban J connectivity index is 1.27. The van der Waals surface area contributed by atoms with Crippen LogP contribution in [0.3, 0.4) is 0 Å². The third-order valence-corrected chi connectivity index (χ3v) is 7.08. The number of halogens is 2. The molecular formula is C26H25F2N5O. The average molecular weight is 462 g/mol. The number of likely N-dealkylation sites (tertiary alicyclic amines) is 1. The van der Waals surface area contributed by atoms with Gasteiger partial charge < -0.3 is 9.80 Å². The molecule has 2 aliphatic rings. The summed E-state index contributed by atoms with van der Waals surface area (Å²) in [6, 6.07) is 13.8. The van der Waals surface area contributed by atoms with Gasteiger partial charge in [-0.3, -0.25) is 9.78 Å². The summed E-state index contributed by atoms with van der Waals surface area (Å²) < 4.78 is 30.3. The third kappa shape index (κ3) is 3.96. The Kier molecular flexibility index (Phi) is 5.64. The minimum absolute atomic E-state index is 0.0767. The summed E-state index contributed by atoms with van der Waals surface area (Å²) in [6.07, 6.45) is 3.29. The first-order valence-electron chi connectivity index (χ1n) is 11.5. The number of alkyl halides is 2. The lowest BCUT2D eigenvalue weighted by atomic mass is 9.98. The minimum atomic E-state index is -3.13. The molecule has 0 aliphatic carbocycles. The van der Waals surface area contributed by atoms with Crippen molar-refractivity contribution in [3.05, 3.63) is 66.0 Å². The van der Waals surface area contributed by atoms with Gasteiger partial charge in [0.15, 0.2) is 0 Å². The van der Waals surface area contributed by atoms with E-state index in [9.17, 15) is 4.79 Å². The molecule has 1 amide bonds. The van der Waals surface area contributed by atoms with Crippen LogP contribution in [0.15, 0.2) is 54.9 Å². The number of amides is 1. The highest BCUT2D eigenvalue weighted by molar-refractivity contribution is 5.83. The lowest BCUT2D eigenvalue weighted by Gasteiger charge is -2.42. The molecule has 4 heterocycles. The maximum absolute atomic E-state index is 15.1. The molecule has 2 unspecified atom stereocenters. The van der Waals surface area contributed by atoms with E-state index < -0.39 is 12.3 Å². The summed E-state index contributed by atoms with van der Waals surface area (Å²) in [5, 5.41) is 9.44. The highest BCUT2D eigenvalue weighted by Crippen LogP contribution is 2.39.